The fourth-order valence-corrected chi connectivity index (χ4v) is 4.27. The van der Waals surface area contributed by atoms with Crippen molar-refractivity contribution in [2.24, 2.45) is 0 Å². The summed E-state index contributed by atoms with van der Waals surface area (Å²) in [7, 11) is 0. The van der Waals surface area contributed by atoms with E-state index in [2.05, 4.69) is 0 Å². The summed E-state index contributed by atoms with van der Waals surface area (Å²) in [4.78, 5) is 28.1. The molecule has 1 fully saturated rings. The minimum Gasteiger partial charge on any atom is -0.507 e. The van der Waals surface area contributed by atoms with Gasteiger partial charge in [0.2, 0.25) is 0 Å². The van der Waals surface area contributed by atoms with E-state index >= 15 is 0 Å². The molecule has 0 aliphatic carbocycles. The second kappa shape index (κ2) is 10.5. The molecule has 1 unspecified atom stereocenters. The lowest BCUT2D eigenvalue weighted by Gasteiger charge is -2.25. The average Bonchev–Trinajstić information content (AvgIpc) is 3.14. The quantitative estimate of drug-likeness (QED) is 0.255. The molecule has 1 N–H and O–H groups in total. The fraction of sp³-hybridized carbons (Fsp3) is 0.241. The number of rotatable bonds is 8. The number of amides is 1. The Kier molecular flexibility index (Phi) is 7.20. The SMILES string of the molecule is CCCOc1ccc(/C(O)=C2\C(=O)C(=O)N(c3cccc(OCC)c3)C2c2ccccc2)cc1C. The minimum absolute atomic E-state index is 0.0460. The Morgan fingerprint density at radius 2 is 1.71 bits per heavy atom. The lowest BCUT2D eigenvalue weighted by Crippen LogP contribution is -2.29. The van der Waals surface area contributed by atoms with Gasteiger partial charge in [0.25, 0.3) is 11.7 Å². The van der Waals surface area contributed by atoms with Gasteiger partial charge in [-0.3, -0.25) is 14.5 Å². The second-order valence-electron chi connectivity index (χ2n) is 8.34. The van der Waals surface area contributed by atoms with Gasteiger partial charge in [-0.1, -0.05) is 43.3 Å². The Balaban J connectivity index is 1.85. The zero-order chi connectivity index (χ0) is 24.9. The molecular formula is C29H29NO5. The molecule has 0 bridgehead atoms. The van der Waals surface area contributed by atoms with E-state index < -0.39 is 17.7 Å². The van der Waals surface area contributed by atoms with Crippen LogP contribution in [0.25, 0.3) is 5.76 Å². The third-order valence-corrected chi connectivity index (χ3v) is 5.88. The van der Waals surface area contributed by atoms with Crippen LogP contribution in [0.1, 0.15) is 43.0 Å². The van der Waals surface area contributed by atoms with Crippen molar-refractivity contribution in [2.75, 3.05) is 18.1 Å². The number of carbonyl (C=O) groups is 2. The Morgan fingerprint density at radius 3 is 2.40 bits per heavy atom. The van der Waals surface area contributed by atoms with E-state index in [1.165, 1.54) is 4.90 Å². The molecule has 0 aromatic heterocycles. The highest BCUT2D eigenvalue weighted by Crippen LogP contribution is 2.43. The first-order valence-corrected chi connectivity index (χ1v) is 11.8. The van der Waals surface area contributed by atoms with Gasteiger partial charge in [-0.05, 0) is 61.7 Å². The van der Waals surface area contributed by atoms with Gasteiger partial charge in [-0.2, -0.15) is 0 Å². The molecule has 0 saturated carbocycles. The van der Waals surface area contributed by atoms with Gasteiger partial charge in [0, 0.05) is 17.3 Å². The normalized spacial score (nSPS) is 17.0. The third kappa shape index (κ3) is 4.78. The van der Waals surface area contributed by atoms with Crippen LogP contribution in [0.3, 0.4) is 0 Å². The summed E-state index contributed by atoms with van der Waals surface area (Å²) in [5, 5.41) is 11.3. The van der Waals surface area contributed by atoms with Crippen molar-refractivity contribution in [3.8, 4) is 11.5 Å². The Labute approximate surface area is 205 Å². The number of aliphatic hydroxyl groups excluding tert-OH is 1. The highest BCUT2D eigenvalue weighted by atomic mass is 16.5. The lowest BCUT2D eigenvalue weighted by atomic mass is 9.94. The Morgan fingerprint density at radius 1 is 0.943 bits per heavy atom. The fourth-order valence-electron chi connectivity index (χ4n) is 4.27. The van der Waals surface area contributed by atoms with E-state index in [-0.39, 0.29) is 11.3 Å². The average molecular weight is 472 g/mol. The zero-order valence-corrected chi connectivity index (χ0v) is 20.2. The van der Waals surface area contributed by atoms with Crippen LogP contribution in [0, 0.1) is 6.92 Å². The number of aryl methyl sites for hydroxylation is 1. The van der Waals surface area contributed by atoms with Gasteiger partial charge in [0.05, 0.1) is 24.8 Å². The van der Waals surface area contributed by atoms with Crippen molar-refractivity contribution < 1.29 is 24.2 Å². The number of aliphatic hydroxyl groups is 1. The molecular weight excluding hydrogens is 442 g/mol. The molecule has 1 amide bonds. The van der Waals surface area contributed by atoms with Crippen molar-refractivity contribution >= 4 is 23.1 Å². The van der Waals surface area contributed by atoms with E-state index in [1.807, 2.05) is 51.1 Å². The van der Waals surface area contributed by atoms with E-state index in [9.17, 15) is 14.7 Å². The standard InChI is InChI=1S/C29H29NO5/c1-4-16-35-24-15-14-21(17-19(24)3)27(31)25-26(20-10-7-6-8-11-20)30(29(33)28(25)32)22-12-9-13-23(18-22)34-5-2/h6-15,17-18,26,31H,4-5,16H2,1-3H3/b27-25+. The first kappa shape index (κ1) is 24.1. The largest absolute Gasteiger partial charge is 0.507 e. The molecule has 0 spiro atoms. The molecule has 1 saturated heterocycles. The van der Waals surface area contributed by atoms with Gasteiger partial charge in [0.15, 0.2) is 0 Å². The lowest BCUT2D eigenvalue weighted by molar-refractivity contribution is -0.132. The number of anilines is 1. The summed E-state index contributed by atoms with van der Waals surface area (Å²) in [6.07, 6.45) is 0.881. The van der Waals surface area contributed by atoms with Crippen LogP contribution in [0.15, 0.2) is 78.4 Å². The molecule has 6 nitrogen and oxygen atoms in total. The minimum atomic E-state index is -0.788. The summed E-state index contributed by atoms with van der Waals surface area (Å²) in [6, 6.07) is 20.8. The van der Waals surface area contributed by atoms with Gasteiger partial charge in [-0.15, -0.1) is 0 Å². The Bertz CT molecular complexity index is 1270. The number of nitrogens with zero attached hydrogens (tertiary/aromatic N) is 1. The van der Waals surface area contributed by atoms with Crippen LogP contribution in [-0.4, -0.2) is 30.0 Å². The molecule has 1 aliphatic heterocycles. The van der Waals surface area contributed by atoms with Gasteiger partial charge >= 0.3 is 0 Å². The summed E-state index contributed by atoms with van der Waals surface area (Å²) in [5.74, 6) is -0.338. The summed E-state index contributed by atoms with van der Waals surface area (Å²) in [5.41, 5.74) is 2.57. The van der Waals surface area contributed by atoms with E-state index in [0.717, 1.165) is 23.3 Å². The van der Waals surface area contributed by atoms with Crippen molar-refractivity contribution in [3.63, 3.8) is 0 Å². The Hall–Kier alpha value is -4.06. The van der Waals surface area contributed by atoms with Crippen LogP contribution in [0.5, 0.6) is 11.5 Å². The number of benzene rings is 3. The van der Waals surface area contributed by atoms with E-state index in [4.69, 9.17) is 9.47 Å². The monoisotopic (exact) mass is 471 g/mol. The molecule has 3 aromatic carbocycles. The first-order chi connectivity index (χ1) is 17.0. The van der Waals surface area contributed by atoms with Gasteiger partial charge in [0.1, 0.15) is 17.3 Å². The number of carbonyl (C=O) groups excluding carboxylic acids is 2. The topological polar surface area (TPSA) is 76.1 Å². The summed E-state index contributed by atoms with van der Waals surface area (Å²) < 4.78 is 11.4. The van der Waals surface area contributed by atoms with Crippen molar-refractivity contribution in [3.05, 3.63) is 95.1 Å². The molecule has 4 rings (SSSR count). The first-order valence-electron chi connectivity index (χ1n) is 11.8. The number of ketones is 1. The number of ether oxygens (including phenoxy) is 2. The van der Waals surface area contributed by atoms with Gasteiger partial charge < -0.3 is 14.6 Å². The molecule has 1 atom stereocenters. The molecule has 180 valence electrons. The van der Waals surface area contributed by atoms with Crippen molar-refractivity contribution in [1.29, 1.82) is 0 Å². The smallest absolute Gasteiger partial charge is 0.300 e. The molecule has 6 heteroatoms. The van der Waals surface area contributed by atoms with Crippen LogP contribution in [0.2, 0.25) is 0 Å². The maximum Gasteiger partial charge on any atom is 0.300 e. The molecule has 3 aromatic rings. The van der Waals surface area contributed by atoms with Crippen LogP contribution < -0.4 is 14.4 Å². The molecule has 1 aliphatic rings. The highest BCUT2D eigenvalue weighted by molar-refractivity contribution is 6.51. The van der Waals surface area contributed by atoms with Gasteiger partial charge in [-0.25, -0.2) is 0 Å². The summed E-state index contributed by atoms with van der Waals surface area (Å²) >= 11 is 0. The van der Waals surface area contributed by atoms with Crippen molar-refractivity contribution in [1.82, 2.24) is 0 Å². The number of hydrogen-bond donors (Lipinski definition) is 1. The third-order valence-electron chi connectivity index (χ3n) is 5.88. The van der Waals surface area contributed by atoms with Crippen LogP contribution in [0.4, 0.5) is 5.69 Å². The number of Topliss-reactive ketones (excluding diaryl/α,β-unsaturated/α-hetero) is 1. The van der Waals surface area contributed by atoms with Crippen molar-refractivity contribution in [2.45, 2.75) is 33.2 Å². The van der Waals surface area contributed by atoms with Crippen LogP contribution >= 0.6 is 0 Å². The van der Waals surface area contributed by atoms with E-state index in [0.29, 0.717) is 30.2 Å². The molecule has 1 heterocycles. The van der Waals surface area contributed by atoms with E-state index in [1.54, 1.807) is 42.5 Å². The maximum absolute atomic E-state index is 13.3. The maximum atomic E-state index is 13.3. The second-order valence-corrected chi connectivity index (χ2v) is 8.34. The number of hydrogen-bond acceptors (Lipinski definition) is 5. The summed E-state index contributed by atoms with van der Waals surface area (Å²) in [6.45, 7) is 6.85. The molecule has 35 heavy (non-hydrogen) atoms. The zero-order valence-electron chi connectivity index (χ0n) is 20.2. The highest BCUT2D eigenvalue weighted by Gasteiger charge is 2.47. The molecule has 0 radical (unpaired) electrons. The predicted molar refractivity (Wildman–Crippen MR) is 136 cm³/mol. The van der Waals surface area contributed by atoms with Crippen LogP contribution in [-0.2, 0) is 9.59 Å². The predicted octanol–water partition coefficient (Wildman–Crippen LogP) is 5.81.